The normalized spacial score (nSPS) is 11.8. The Balaban J connectivity index is 1.84. The summed E-state index contributed by atoms with van der Waals surface area (Å²) in [4.78, 5) is 15.6. The zero-order valence-electron chi connectivity index (χ0n) is 15.2. The molecule has 0 aliphatic carbocycles. The Morgan fingerprint density at radius 2 is 1.84 bits per heavy atom. The summed E-state index contributed by atoms with van der Waals surface area (Å²) in [6.45, 7) is 4.82. The van der Waals surface area contributed by atoms with Crippen molar-refractivity contribution in [1.29, 1.82) is 0 Å². The molecule has 0 bridgehead atoms. The van der Waals surface area contributed by atoms with Crippen molar-refractivity contribution in [2.75, 3.05) is 32.1 Å². The lowest BCUT2D eigenvalue weighted by molar-refractivity contribution is -0.904. The fourth-order valence-electron chi connectivity index (χ4n) is 2.65. The van der Waals surface area contributed by atoms with E-state index >= 15 is 0 Å². The van der Waals surface area contributed by atoms with Gasteiger partial charge in [0.05, 0.1) is 6.54 Å². The summed E-state index contributed by atoms with van der Waals surface area (Å²) >= 11 is 5.97. The highest BCUT2D eigenvalue weighted by molar-refractivity contribution is 6.30. The largest absolute Gasteiger partial charge is 0.378 e. The van der Waals surface area contributed by atoms with E-state index in [1.165, 1.54) is 16.2 Å². The van der Waals surface area contributed by atoms with Crippen LogP contribution in [0, 0.1) is 0 Å². The zero-order valence-corrected chi connectivity index (χ0v) is 15.9. The maximum atomic E-state index is 12.2. The van der Waals surface area contributed by atoms with Gasteiger partial charge in [0, 0.05) is 36.9 Å². The minimum atomic E-state index is 0.0572. The van der Waals surface area contributed by atoms with Gasteiger partial charge in [-0.15, -0.1) is 0 Å². The second-order valence-electron chi connectivity index (χ2n) is 6.42. The summed E-state index contributed by atoms with van der Waals surface area (Å²) in [5, 5.41) is 3.66. The second kappa shape index (κ2) is 9.44. The molecule has 0 aromatic heterocycles. The van der Waals surface area contributed by atoms with Crippen molar-refractivity contribution in [2.45, 2.75) is 20.0 Å². The topological polar surface area (TPSA) is 36.8 Å². The van der Waals surface area contributed by atoms with Crippen LogP contribution in [-0.2, 0) is 17.9 Å². The van der Waals surface area contributed by atoms with E-state index in [1.807, 2.05) is 38.4 Å². The van der Waals surface area contributed by atoms with Crippen LogP contribution in [0.5, 0.6) is 0 Å². The smallest absolute Gasteiger partial charge is 0.275 e. The number of carbonyl (C=O) groups is 1. The van der Waals surface area contributed by atoms with Crippen molar-refractivity contribution in [2.24, 2.45) is 0 Å². The number of hydrogen-bond donors (Lipinski definition) is 2. The Morgan fingerprint density at radius 3 is 2.44 bits per heavy atom. The van der Waals surface area contributed by atoms with E-state index in [9.17, 15) is 4.79 Å². The molecule has 0 aliphatic rings. The molecule has 0 spiro atoms. The quantitative estimate of drug-likeness (QED) is 0.756. The number of likely N-dealkylation sites (N-methyl/N-ethyl adjacent to an activating group) is 1. The number of benzene rings is 2. The number of hydrogen-bond acceptors (Lipinski definition) is 2. The Labute approximate surface area is 155 Å². The molecule has 1 unspecified atom stereocenters. The summed E-state index contributed by atoms with van der Waals surface area (Å²) in [5.41, 5.74) is 3.43. The summed E-state index contributed by atoms with van der Waals surface area (Å²) in [6, 6.07) is 16.1. The Hall–Kier alpha value is -2.04. The van der Waals surface area contributed by atoms with Gasteiger partial charge in [-0.25, -0.2) is 0 Å². The summed E-state index contributed by atoms with van der Waals surface area (Å²) < 4.78 is 0. The van der Waals surface area contributed by atoms with Crippen LogP contribution in [0.4, 0.5) is 5.69 Å². The van der Waals surface area contributed by atoms with Gasteiger partial charge >= 0.3 is 0 Å². The number of quaternary nitrogens is 1. The minimum Gasteiger partial charge on any atom is -0.378 e. The number of anilines is 1. The van der Waals surface area contributed by atoms with Gasteiger partial charge in [-0.1, -0.05) is 35.9 Å². The lowest BCUT2D eigenvalue weighted by atomic mass is 10.2. The lowest BCUT2D eigenvalue weighted by Gasteiger charge is -2.18. The average Bonchev–Trinajstić information content (AvgIpc) is 2.60. The van der Waals surface area contributed by atoms with E-state index in [4.69, 9.17) is 11.6 Å². The molecule has 2 aromatic carbocycles. The molecular formula is C20H27ClN3O+. The molecule has 5 heteroatoms. The molecule has 1 amide bonds. The summed E-state index contributed by atoms with van der Waals surface area (Å²) in [7, 11) is 4.06. The number of amides is 1. The average molecular weight is 361 g/mol. The maximum Gasteiger partial charge on any atom is 0.275 e. The van der Waals surface area contributed by atoms with Crippen LogP contribution < -0.4 is 15.1 Å². The van der Waals surface area contributed by atoms with Crippen LogP contribution in [0.1, 0.15) is 18.1 Å². The van der Waals surface area contributed by atoms with Gasteiger partial charge in [0.15, 0.2) is 6.54 Å². The zero-order chi connectivity index (χ0) is 18.2. The van der Waals surface area contributed by atoms with E-state index in [0.717, 1.165) is 18.7 Å². The van der Waals surface area contributed by atoms with Gasteiger partial charge < -0.3 is 15.1 Å². The van der Waals surface area contributed by atoms with Crippen molar-refractivity contribution in [1.82, 2.24) is 5.32 Å². The molecular weight excluding hydrogens is 334 g/mol. The van der Waals surface area contributed by atoms with E-state index in [0.29, 0.717) is 18.1 Å². The predicted octanol–water partition coefficient (Wildman–Crippen LogP) is 2.13. The lowest BCUT2D eigenvalue weighted by Crippen LogP contribution is -3.11. The summed E-state index contributed by atoms with van der Waals surface area (Å²) in [5.74, 6) is 0.0572. The number of nitrogens with zero attached hydrogens (tertiary/aromatic N) is 1. The Morgan fingerprint density at radius 1 is 1.12 bits per heavy atom. The predicted molar refractivity (Wildman–Crippen MR) is 104 cm³/mol. The van der Waals surface area contributed by atoms with Gasteiger partial charge in [-0.05, 0) is 36.8 Å². The number of carbonyl (C=O) groups excluding carboxylic acids is 1. The third kappa shape index (κ3) is 6.40. The molecule has 1 atom stereocenters. The highest BCUT2D eigenvalue weighted by Crippen LogP contribution is 2.11. The van der Waals surface area contributed by atoms with Crippen LogP contribution in [0.15, 0.2) is 48.5 Å². The highest BCUT2D eigenvalue weighted by atomic mass is 35.5. The molecule has 0 heterocycles. The molecule has 0 radical (unpaired) electrons. The SMILES string of the molecule is CC[NH+](CC(=O)NCc1cccc(Cl)c1)Cc1ccc(N(C)C)cc1. The van der Waals surface area contributed by atoms with Gasteiger partial charge in [-0.2, -0.15) is 0 Å². The van der Waals surface area contributed by atoms with Gasteiger partial charge in [-0.3, -0.25) is 4.79 Å². The van der Waals surface area contributed by atoms with Crippen molar-refractivity contribution in [3.8, 4) is 0 Å². The highest BCUT2D eigenvalue weighted by Gasteiger charge is 2.13. The van der Waals surface area contributed by atoms with E-state index in [-0.39, 0.29) is 5.91 Å². The third-order valence-corrected chi connectivity index (χ3v) is 4.43. The van der Waals surface area contributed by atoms with Crippen LogP contribution in [-0.4, -0.2) is 33.1 Å². The summed E-state index contributed by atoms with van der Waals surface area (Å²) in [6.07, 6.45) is 0. The first-order valence-electron chi connectivity index (χ1n) is 8.59. The molecule has 0 saturated heterocycles. The molecule has 25 heavy (non-hydrogen) atoms. The first kappa shape index (κ1) is 19.3. The second-order valence-corrected chi connectivity index (χ2v) is 6.86. The van der Waals surface area contributed by atoms with E-state index in [1.54, 1.807) is 0 Å². The van der Waals surface area contributed by atoms with Crippen molar-refractivity contribution in [3.63, 3.8) is 0 Å². The van der Waals surface area contributed by atoms with Crippen LogP contribution in [0.2, 0.25) is 5.02 Å². The van der Waals surface area contributed by atoms with Crippen molar-refractivity contribution < 1.29 is 9.69 Å². The van der Waals surface area contributed by atoms with Crippen LogP contribution in [0.3, 0.4) is 0 Å². The molecule has 2 aromatic rings. The molecule has 134 valence electrons. The number of halogens is 1. The van der Waals surface area contributed by atoms with Crippen LogP contribution in [0.25, 0.3) is 0 Å². The fraction of sp³-hybridized carbons (Fsp3) is 0.350. The minimum absolute atomic E-state index is 0.0572. The van der Waals surface area contributed by atoms with Crippen molar-refractivity contribution >= 4 is 23.2 Å². The number of rotatable bonds is 8. The molecule has 2 N–H and O–H groups in total. The first-order chi connectivity index (χ1) is 12.0. The van der Waals surface area contributed by atoms with Crippen molar-refractivity contribution in [3.05, 3.63) is 64.7 Å². The Kier molecular flexibility index (Phi) is 7.29. The van der Waals surface area contributed by atoms with Gasteiger partial charge in [0.2, 0.25) is 0 Å². The third-order valence-electron chi connectivity index (χ3n) is 4.20. The Bertz CT molecular complexity index is 686. The van der Waals surface area contributed by atoms with Gasteiger partial charge in [0.1, 0.15) is 6.54 Å². The molecule has 2 rings (SSSR count). The molecule has 0 aliphatic heterocycles. The van der Waals surface area contributed by atoms with Crippen LogP contribution >= 0.6 is 11.6 Å². The molecule has 0 fully saturated rings. The monoisotopic (exact) mass is 360 g/mol. The maximum absolute atomic E-state index is 12.2. The van der Waals surface area contributed by atoms with Gasteiger partial charge in [0.25, 0.3) is 5.91 Å². The standard InChI is InChI=1S/C20H26ClN3O/c1-4-24(14-16-8-10-19(11-9-16)23(2)3)15-20(25)22-13-17-6-5-7-18(21)12-17/h5-12H,4,13-15H2,1-3H3,(H,22,25)/p+1. The van der Waals surface area contributed by atoms with E-state index < -0.39 is 0 Å². The molecule has 0 saturated carbocycles. The number of nitrogens with one attached hydrogen (secondary N) is 2. The van der Waals surface area contributed by atoms with E-state index in [2.05, 4.69) is 41.4 Å². The molecule has 4 nitrogen and oxygen atoms in total. The first-order valence-corrected chi connectivity index (χ1v) is 8.96. The fourth-order valence-corrected chi connectivity index (χ4v) is 2.86.